The SMILES string of the molecule is CC(C)(C)[Si](C)(C)OC[C@@H]1OC(=O)N2c3ccc(N4CC[C@@H](CO)CC4=O)cc3OC[C@@H]12. The molecule has 32 heavy (non-hydrogen) atoms. The van der Waals surface area contributed by atoms with Gasteiger partial charge in [-0.05, 0) is 42.6 Å². The molecule has 2 amide bonds. The fourth-order valence-corrected chi connectivity index (χ4v) is 5.18. The maximum Gasteiger partial charge on any atom is 0.415 e. The molecule has 0 aliphatic carbocycles. The summed E-state index contributed by atoms with van der Waals surface area (Å²) in [5.74, 6) is 0.587. The Labute approximate surface area is 190 Å². The van der Waals surface area contributed by atoms with Crippen molar-refractivity contribution in [3.8, 4) is 5.75 Å². The molecule has 1 N–H and O–H groups in total. The van der Waals surface area contributed by atoms with Gasteiger partial charge in [-0.2, -0.15) is 0 Å². The number of carbonyl (C=O) groups excluding carboxylic acids is 2. The van der Waals surface area contributed by atoms with Gasteiger partial charge in [0.25, 0.3) is 0 Å². The second-order valence-corrected chi connectivity index (χ2v) is 15.3. The van der Waals surface area contributed by atoms with E-state index in [4.69, 9.17) is 13.9 Å². The standard InChI is InChI=1S/C23H34N2O6Si/c1-23(2,3)32(4,5)30-14-20-18-13-29-19-11-16(6-7-17(19)25(18)22(28)31-20)24-9-8-15(12-26)10-21(24)27/h6-7,11,15,18,20,26H,8-10,12-14H2,1-5H3/t15-,18+,20+/m1/s1. The third kappa shape index (κ3) is 4.13. The number of aliphatic hydroxyl groups excluding tert-OH is 1. The molecule has 176 valence electrons. The highest BCUT2D eigenvalue weighted by Gasteiger charge is 2.48. The van der Waals surface area contributed by atoms with Crippen LogP contribution >= 0.6 is 0 Å². The van der Waals surface area contributed by atoms with E-state index in [1.807, 2.05) is 18.2 Å². The lowest BCUT2D eigenvalue weighted by atomic mass is 9.96. The average Bonchev–Trinajstić information content (AvgIpc) is 3.07. The molecule has 3 aliphatic rings. The van der Waals surface area contributed by atoms with Gasteiger partial charge in [-0.3, -0.25) is 9.69 Å². The van der Waals surface area contributed by atoms with E-state index < -0.39 is 14.4 Å². The fourth-order valence-electron chi connectivity index (χ4n) is 4.16. The molecule has 4 rings (SSSR count). The van der Waals surface area contributed by atoms with E-state index in [-0.39, 0.29) is 35.6 Å². The first kappa shape index (κ1) is 23.1. The van der Waals surface area contributed by atoms with E-state index in [0.29, 0.717) is 37.6 Å². The van der Waals surface area contributed by atoms with Crippen molar-refractivity contribution in [2.24, 2.45) is 5.92 Å². The molecule has 3 aliphatic heterocycles. The molecule has 3 atom stereocenters. The third-order valence-electron chi connectivity index (χ3n) is 7.33. The molecule has 0 bridgehead atoms. The Morgan fingerprint density at radius 1 is 1.25 bits per heavy atom. The second kappa shape index (κ2) is 8.35. The predicted molar refractivity (Wildman–Crippen MR) is 124 cm³/mol. The summed E-state index contributed by atoms with van der Waals surface area (Å²) in [7, 11) is -1.97. The first-order valence-electron chi connectivity index (χ1n) is 11.3. The zero-order valence-corrected chi connectivity index (χ0v) is 20.6. The summed E-state index contributed by atoms with van der Waals surface area (Å²) in [5.41, 5.74) is 1.40. The van der Waals surface area contributed by atoms with E-state index in [1.54, 1.807) is 9.80 Å². The Hall–Kier alpha value is -2.10. The van der Waals surface area contributed by atoms with Gasteiger partial charge in [0.1, 0.15) is 24.5 Å². The lowest BCUT2D eigenvalue weighted by Crippen LogP contribution is -2.48. The molecular formula is C23H34N2O6Si. The van der Waals surface area contributed by atoms with E-state index >= 15 is 0 Å². The largest absolute Gasteiger partial charge is 0.489 e. The van der Waals surface area contributed by atoms with Crippen molar-refractivity contribution in [2.45, 2.75) is 63.9 Å². The number of piperidine rings is 1. The van der Waals surface area contributed by atoms with Gasteiger partial charge in [-0.25, -0.2) is 4.79 Å². The van der Waals surface area contributed by atoms with Gasteiger partial charge >= 0.3 is 6.09 Å². The van der Waals surface area contributed by atoms with E-state index in [0.717, 1.165) is 12.1 Å². The summed E-state index contributed by atoms with van der Waals surface area (Å²) >= 11 is 0. The zero-order valence-electron chi connectivity index (χ0n) is 19.6. The topological polar surface area (TPSA) is 88.5 Å². The van der Waals surface area contributed by atoms with Crippen LogP contribution in [0, 0.1) is 5.92 Å². The monoisotopic (exact) mass is 462 g/mol. The average molecular weight is 463 g/mol. The highest BCUT2D eigenvalue weighted by atomic mass is 28.4. The summed E-state index contributed by atoms with van der Waals surface area (Å²) in [4.78, 5) is 28.6. The number of nitrogens with zero attached hydrogens (tertiary/aromatic N) is 2. The van der Waals surface area contributed by atoms with Crippen LogP contribution in [0.2, 0.25) is 18.1 Å². The van der Waals surface area contributed by atoms with Crippen molar-refractivity contribution in [3.05, 3.63) is 18.2 Å². The Morgan fingerprint density at radius 3 is 2.66 bits per heavy atom. The van der Waals surface area contributed by atoms with Gasteiger partial charge in [0.15, 0.2) is 8.32 Å². The maximum absolute atomic E-state index is 12.7. The van der Waals surface area contributed by atoms with Crippen LogP contribution in [0.15, 0.2) is 18.2 Å². The van der Waals surface area contributed by atoms with Crippen molar-refractivity contribution in [3.63, 3.8) is 0 Å². The van der Waals surface area contributed by atoms with Crippen LogP contribution in [0.3, 0.4) is 0 Å². The summed E-state index contributed by atoms with van der Waals surface area (Å²) in [5, 5.41) is 9.41. The van der Waals surface area contributed by atoms with Crippen molar-refractivity contribution >= 4 is 31.7 Å². The fraction of sp³-hybridized carbons (Fsp3) is 0.652. The van der Waals surface area contributed by atoms with Gasteiger partial charge in [0, 0.05) is 31.3 Å². The Kier molecular flexibility index (Phi) is 6.02. The number of cyclic esters (lactones) is 1. The Morgan fingerprint density at radius 2 is 2.00 bits per heavy atom. The van der Waals surface area contributed by atoms with Crippen LogP contribution in [0.25, 0.3) is 0 Å². The molecule has 3 heterocycles. The molecule has 1 aromatic carbocycles. The molecule has 8 nitrogen and oxygen atoms in total. The van der Waals surface area contributed by atoms with Gasteiger partial charge in [-0.1, -0.05) is 20.8 Å². The van der Waals surface area contributed by atoms with Gasteiger partial charge in [0.05, 0.1) is 12.3 Å². The molecule has 0 saturated carbocycles. The summed E-state index contributed by atoms with van der Waals surface area (Å²) in [6, 6.07) is 5.23. The number of fused-ring (bicyclic) bond motifs is 3. The number of benzene rings is 1. The maximum atomic E-state index is 12.7. The zero-order chi connectivity index (χ0) is 23.3. The van der Waals surface area contributed by atoms with E-state index in [1.165, 1.54) is 0 Å². The van der Waals surface area contributed by atoms with Crippen molar-refractivity contribution in [2.75, 3.05) is 36.2 Å². The third-order valence-corrected chi connectivity index (χ3v) is 11.8. The summed E-state index contributed by atoms with van der Waals surface area (Å²) in [6.45, 7) is 12.2. The Bertz CT molecular complexity index is 899. The van der Waals surface area contributed by atoms with E-state index in [2.05, 4.69) is 33.9 Å². The van der Waals surface area contributed by atoms with Crippen LogP contribution < -0.4 is 14.5 Å². The van der Waals surface area contributed by atoms with E-state index in [9.17, 15) is 14.7 Å². The number of carbonyl (C=O) groups is 2. The normalized spacial score (nSPS) is 25.9. The second-order valence-electron chi connectivity index (χ2n) is 10.5. The lowest BCUT2D eigenvalue weighted by molar-refractivity contribution is -0.121. The lowest BCUT2D eigenvalue weighted by Gasteiger charge is -2.37. The Balaban J connectivity index is 1.49. The van der Waals surface area contributed by atoms with Gasteiger partial charge in [0.2, 0.25) is 5.91 Å². The van der Waals surface area contributed by atoms with Crippen LogP contribution in [0.4, 0.5) is 16.2 Å². The minimum absolute atomic E-state index is 0.00707. The predicted octanol–water partition coefficient (Wildman–Crippen LogP) is 3.53. The highest BCUT2D eigenvalue weighted by molar-refractivity contribution is 6.74. The minimum atomic E-state index is -1.97. The number of hydrogen-bond acceptors (Lipinski definition) is 6. The first-order valence-corrected chi connectivity index (χ1v) is 14.2. The number of anilines is 2. The van der Waals surface area contributed by atoms with Gasteiger partial charge < -0.3 is 23.9 Å². The number of amides is 2. The van der Waals surface area contributed by atoms with Crippen molar-refractivity contribution < 1.29 is 28.6 Å². The number of rotatable bonds is 5. The molecule has 9 heteroatoms. The number of aliphatic hydroxyl groups is 1. The molecule has 0 aromatic heterocycles. The molecule has 0 unspecified atom stereocenters. The molecule has 1 aromatic rings. The first-order chi connectivity index (χ1) is 15.0. The van der Waals surface area contributed by atoms with Gasteiger partial charge in [-0.15, -0.1) is 0 Å². The van der Waals surface area contributed by atoms with Crippen LogP contribution in [0.1, 0.15) is 33.6 Å². The minimum Gasteiger partial charge on any atom is -0.489 e. The molecule has 0 spiro atoms. The van der Waals surface area contributed by atoms with Crippen LogP contribution in [0.5, 0.6) is 5.75 Å². The highest BCUT2D eigenvalue weighted by Crippen LogP contribution is 2.42. The summed E-state index contributed by atoms with van der Waals surface area (Å²) < 4.78 is 18.0. The number of ether oxygens (including phenoxy) is 2. The van der Waals surface area contributed by atoms with Crippen LogP contribution in [-0.2, 0) is 14.0 Å². The molecular weight excluding hydrogens is 428 g/mol. The van der Waals surface area contributed by atoms with Crippen LogP contribution in [-0.4, -0.2) is 63.9 Å². The number of hydrogen-bond donors (Lipinski definition) is 1. The molecule has 0 radical (unpaired) electrons. The smallest absolute Gasteiger partial charge is 0.415 e. The summed E-state index contributed by atoms with van der Waals surface area (Å²) in [6.07, 6.45) is 0.320. The molecule has 2 fully saturated rings. The van der Waals surface area contributed by atoms with Crippen molar-refractivity contribution in [1.82, 2.24) is 0 Å². The molecule has 2 saturated heterocycles. The quantitative estimate of drug-likeness (QED) is 0.674. The van der Waals surface area contributed by atoms with Crippen molar-refractivity contribution in [1.29, 1.82) is 0 Å².